The Morgan fingerprint density at radius 3 is 2.54 bits per heavy atom. The zero-order chi connectivity index (χ0) is 38.1. The largest absolute Gasteiger partial charge is 0.496 e. The van der Waals surface area contributed by atoms with E-state index in [1.165, 1.54) is 17.7 Å². The lowest BCUT2D eigenvalue weighted by atomic mass is 9.92. The van der Waals surface area contributed by atoms with Gasteiger partial charge in [0, 0.05) is 32.8 Å². The number of nitrogens with one attached hydrogen (secondary N) is 1. The second-order valence-electron chi connectivity index (χ2n) is 11.5. The third-order valence-electron chi connectivity index (χ3n) is 8.19. The summed E-state index contributed by atoms with van der Waals surface area (Å²) in [7, 11) is 1.48. The second kappa shape index (κ2) is 15.6. The first-order valence-electron chi connectivity index (χ1n) is 16.0. The van der Waals surface area contributed by atoms with Crippen LogP contribution in [-0.2, 0) is 9.53 Å². The fraction of sp³-hybridized carbons (Fsp3) is 0.108. The fourth-order valence-electron chi connectivity index (χ4n) is 5.85. The summed E-state index contributed by atoms with van der Waals surface area (Å²) in [6, 6.07) is 22.5. The van der Waals surface area contributed by atoms with Crippen LogP contribution in [0.4, 0.5) is 5.69 Å². The average Bonchev–Trinajstić information content (AvgIpc) is 3.75. The molecule has 0 saturated carbocycles. The van der Waals surface area contributed by atoms with Crippen molar-refractivity contribution in [2.75, 3.05) is 13.7 Å². The molecule has 0 radical (unpaired) electrons. The molecule has 0 aliphatic carbocycles. The molecule has 3 heterocycles. The Hall–Kier alpha value is -5.25. The van der Waals surface area contributed by atoms with E-state index >= 15 is 0 Å². The van der Waals surface area contributed by atoms with Crippen molar-refractivity contribution in [1.82, 2.24) is 19.7 Å². The molecule has 0 amide bonds. The first-order valence-corrected chi connectivity index (χ1v) is 18.8. The Kier molecular flexibility index (Phi) is 10.7. The van der Waals surface area contributed by atoms with Crippen LogP contribution >= 0.6 is 57.9 Å². The molecule has 12 nitrogen and oxygen atoms in total. The Balaban J connectivity index is 1.34. The van der Waals surface area contributed by atoms with Crippen molar-refractivity contribution in [2.45, 2.75) is 23.0 Å². The predicted molar refractivity (Wildman–Crippen MR) is 208 cm³/mol. The number of nitrogens with zero attached hydrogens (tertiary/aromatic N) is 5. The third-order valence-corrected chi connectivity index (χ3v) is 10.9. The summed E-state index contributed by atoms with van der Waals surface area (Å²) >= 11 is 20.9. The van der Waals surface area contributed by atoms with Gasteiger partial charge < -0.3 is 9.47 Å². The van der Waals surface area contributed by atoms with Gasteiger partial charge in [-0.25, -0.2) is 14.8 Å². The average molecular weight is 820 g/mol. The third kappa shape index (κ3) is 7.30. The lowest BCUT2D eigenvalue weighted by Crippen LogP contribution is -2.40. The van der Waals surface area contributed by atoms with Gasteiger partial charge in [-0.3, -0.25) is 24.6 Å². The number of aromatic amines is 1. The smallest absolute Gasteiger partial charge is 0.338 e. The number of carbonyl (C=O) groups is 1. The number of nitro benzene ring substituents is 1. The molecule has 0 unspecified atom stereocenters. The maximum Gasteiger partial charge on any atom is 0.338 e. The van der Waals surface area contributed by atoms with E-state index in [4.69, 9.17) is 49.3 Å². The number of hydrogen-bond donors (Lipinski definition) is 1. The second-order valence-corrected chi connectivity index (χ2v) is 14.8. The Labute approximate surface area is 329 Å². The molecule has 4 aromatic carbocycles. The number of benzene rings is 4. The Morgan fingerprint density at radius 2 is 1.81 bits per heavy atom. The van der Waals surface area contributed by atoms with Gasteiger partial charge in [0.15, 0.2) is 10.6 Å². The van der Waals surface area contributed by atoms with Gasteiger partial charge in [-0.05, 0) is 72.8 Å². The van der Waals surface area contributed by atoms with E-state index in [-0.39, 0.29) is 37.3 Å². The first-order chi connectivity index (χ1) is 26.1. The molecule has 0 spiro atoms. The number of nitro groups is 1. The molecule has 2 aromatic heterocycles. The van der Waals surface area contributed by atoms with Gasteiger partial charge in [-0.15, -0.1) is 5.10 Å². The van der Waals surface area contributed by atoms with Gasteiger partial charge in [0.2, 0.25) is 5.16 Å². The molecule has 1 aliphatic rings. The quantitative estimate of drug-likeness (QED) is 0.0830. The molecule has 54 heavy (non-hydrogen) atoms. The zero-order valence-corrected chi connectivity index (χ0v) is 32.0. The maximum absolute atomic E-state index is 14.4. The van der Waals surface area contributed by atoms with Gasteiger partial charge in [0.1, 0.15) is 11.8 Å². The number of aromatic nitrogens is 4. The molecular formula is C37H25Cl3N6O6S2. The van der Waals surface area contributed by atoms with Crippen molar-refractivity contribution in [1.29, 1.82) is 0 Å². The number of ether oxygens (including phenoxy) is 2. The van der Waals surface area contributed by atoms with Crippen LogP contribution in [-0.4, -0.2) is 44.4 Å². The molecule has 272 valence electrons. The number of fused-ring (bicyclic) bond motifs is 1. The van der Waals surface area contributed by atoms with Crippen LogP contribution in [0.15, 0.2) is 110 Å². The summed E-state index contributed by atoms with van der Waals surface area (Å²) in [5.41, 5.74) is 1.73. The van der Waals surface area contributed by atoms with Crippen LogP contribution in [0.1, 0.15) is 29.7 Å². The van der Waals surface area contributed by atoms with Gasteiger partial charge in [0.25, 0.3) is 11.2 Å². The van der Waals surface area contributed by atoms with Crippen molar-refractivity contribution in [2.24, 2.45) is 4.99 Å². The standard InChI is InChI=1S/C37H25Cl3N6O6S2/c1-3-52-35(48)30-31(20-7-5-4-6-8-20)41-37-45(32(30)24-17-21(38)11-13-27(24)51-2)34(47)29(54-37)16-19-9-14-28(26(15-19)46(49)50)53-36-42-33(43-44-36)23-12-10-22(39)18-25(23)40/h4-18,32H,3H2,1-2H3,(H,42,43,44)/b29-16-/t32-/m0/s1. The highest BCUT2D eigenvalue weighted by Crippen LogP contribution is 2.40. The van der Waals surface area contributed by atoms with Gasteiger partial charge in [-0.2, -0.15) is 0 Å². The summed E-state index contributed by atoms with van der Waals surface area (Å²) in [5.74, 6) is 0.0811. The topological polar surface area (TPSA) is 155 Å². The van der Waals surface area contributed by atoms with Crippen LogP contribution in [0.25, 0.3) is 23.2 Å². The highest BCUT2D eigenvalue weighted by Gasteiger charge is 2.37. The SMILES string of the molecule is CCOC(=O)C1=C(c2ccccc2)N=c2s/c(=C\c3ccc(Sc4n[nH]c(-c5ccc(Cl)cc5Cl)n4)c([N+](=O)[O-])c3)c(=O)n2[C@H]1c1cc(Cl)ccc1OC. The van der Waals surface area contributed by atoms with E-state index in [1.54, 1.807) is 61.5 Å². The van der Waals surface area contributed by atoms with E-state index in [1.807, 2.05) is 30.3 Å². The number of halogens is 3. The van der Waals surface area contributed by atoms with Gasteiger partial charge >= 0.3 is 5.97 Å². The van der Waals surface area contributed by atoms with Crippen LogP contribution in [0.3, 0.4) is 0 Å². The van der Waals surface area contributed by atoms with Crippen molar-refractivity contribution in [3.63, 3.8) is 0 Å². The predicted octanol–water partition coefficient (Wildman–Crippen LogP) is 7.75. The molecule has 0 saturated heterocycles. The van der Waals surface area contributed by atoms with Crippen LogP contribution in [0.5, 0.6) is 5.75 Å². The van der Waals surface area contributed by atoms with Crippen molar-refractivity contribution in [3.05, 3.63) is 152 Å². The molecular weight excluding hydrogens is 795 g/mol. The molecule has 0 fully saturated rings. The van der Waals surface area contributed by atoms with Crippen molar-refractivity contribution < 1.29 is 19.2 Å². The van der Waals surface area contributed by atoms with E-state index in [9.17, 15) is 19.7 Å². The lowest BCUT2D eigenvalue weighted by molar-refractivity contribution is -0.387. The minimum Gasteiger partial charge on any atom is -0.496 e. The lowest BCUT2D eigenvalue weighted by Gasteiger charge is -2.27. The van der Waals surface area contributed by atoms with Crippen molar-refractivity contribution in [3.8, 4) is 17.1 Å². The normalized spacial score (nSPS) is 14.1. The summed E-state index contributed by atoms with van der Waals surface area (Å²) < 4.78 is 12.8. The summed E-state index contributed by atoms with van der Waals surface area (Å²) in [6.07, 6.45) is 1.54. The van der Waals surface area contributed by atoms with E-state index in [0.29, 0.717) is 54.6 Å². The minimum atomic E-state index is -1.05. The number of thiazole rings is 1. The number of hydrogen-bond acceptors (Lipinski definition) is 11. The molecule has 6 aromatic rings. The fourth-order valence-corrected chi connectivity index (χ4v) is 8.33. The summed E-state index contributed by atoms with van der Waals surface area (Å²) in [6.45, 7) is 1.77. The van der Waals surface area contributed by atoms with Gasteiger partial charge in [-0.1, -0.05) is 82.5 Å². The zero-order valence-electron chi connectivity index (χ0n) is 28.1. The Morgan fingerprint density at radius 1 is 1.06 bits per heavy atom. The number of H-pyrrole nitrogens is 1. The first kappa shape index (κ1) is 37.1. The molecule has 0 bridgehead atoms. The molecule has 17 heteroatoms. The van der Waals surface area contributed by atoms with Crippen LogP contribution in [0.2, 0.25) is 15.1 Å². The maximum atomic E-state index is 14.4. The monoisotopic (exact) mass is 818 g/mol. The molecule has 7 rings (SSSR count). The molecule has 1 atom stereocenters. The molecule has 1 N–H and O–H groups in total. The van der Waals surface area contributed by atoms with Crippen LogP contribution in [0, 0.1) is 10.1 Å². The van der Waals surface area contributed by atoms with Crippen LogP contribution < -0.4 is 19.6 Å². The minimum absolute atomic E-state index is 0.0787. The van der Waals surface area contributed by atoms with E-state index in [2.05, 4.69) is 15.2 Å². The number of esters is 1. The van der Waals surface area contributed by atoms with Crippen molar-refractivity contribution >= 4 is 81.3 Å². The summed E-state index contributed by atoms with van der Waals surface area (Å²) in [5, 5.41) is 20.7. The number of methoxy groups -OCH3 is 1. The Bertz CT molecular complexity index is 2680. The van der Waals surface area contributed by atoms with Gasteiger partial charge in [0.05, 0.1) is 44.4 Å². The molecule has 1 aliphatic heterocycles. The highest BCUT2D eigenvalue weighted by molar-refractivity contribution is 7.99. The highest BCUT2D eigenvalue weighted by atomic mass is 35.5. The number of carbonyl (C=O) groups excluding carboxylic acids is 1. The van der Waals surface area contributed by atoms with E-state index < -0.39 is 22.5 Å². The summed E-state index contributed by atoms with van der Waals surface area (Å²) in [4.78, 5) is 49.8. The number of rotatable bonds is 10. The van der Waals surface area contributed by atoms with E-state index in [0.717, 1.165) is 23.1 Å².